The van der Waals surface area contributed by atoms with Crippen molar-refractivity contribution in [2.75, 3.05) is 25.0 Å². The second-order valence-electron chi connectivity index (χ2n) is 7.15. The number of likely N-dealkylation sites (tertiary alicyclic amines) is 2. The van der Waals surface area contributed by atoms with E-state index >= 15 is 0 Å². The Morgan fingerprint density at radius 1 is 1.00 bits per heavy atom. The molecule has 4 nitrogen and oxygen atoms in total. The SMILES string of the molecule is O=C(Nc1ccccc1)N1C[C@H]2CN(Cc3ccc(C(F)(F)F)cc3)[C@H]2C1. The van der Waals surface area contributed by atoms with Gasteiger partial charge in [-0.2, -0.15) is 13.2 Å². The Hall–Kier alpha value is -2.54. The van der Waals surface area contributed by atoms with Crippen molar-refractivity contribution in [3.63, 3.8) is 0 Å². The molecule has 2 atom stereocenters. The van der Waals surface area contributed by atoms with Gasteiger partial charge in [-0.1, -0.05) is 30.3 Å². The summed E-state index contributed by atoms with van der Waals surface area (Å²) in [6, 6.07) is 14.8. The molecule has 0 saturated carbocycles. The van der Waals surface area contributed by atoms with Gasteiger partial charge in [0.25, 0.3) is 0 Å². The largest absolute Gasteiger partial charge is 0.416 e. The highest BCUT2D eigenvalue weighted by atomic mass is 19.4. The van der Waals surface area contributed by atoms with E-state index in [2.05, 4.69) is 10.2 Å². The zero-order chi connectivity index (χ0) is 19.0. The zero-order valence-electron chi connectivity index (χ0n) is 14.6. The summed E-state index contributed by atoms with van der Waals surface area (Å²) in [5.74, 6) is 0.431. The maximum atomic E-state index is 12.7. The fourth-order valence-electron chi connectivity index (χ4n) is 3.85. The number of halogens is 3. The molecule has 2 aliphatic heterocycles. The van der Waals surface area contributed by atoms with Crippen molar-refractivity contribution in [3.05, 3.63) is 65.7 Å². The van der Waals surface area contributed by atoms with E-state index in [4.69, 9.17) is 0 Å². The quantitative estimate of drug-likeness (QED) is 0.878. The number of fused-ring (bicyclic) bond motifs is 1. The molecule has 2 heterocycles. The van der Waals surface area contributed by atoms with Crippen LogP contribution in [0.4, 0.5) is 23.7 Å². The Balaban J connectivity index is 1.32. The fourth-order valence-corrected chi connectivity index (χ4v) is 3.85. The van der Waals surface area contributed by atoms with Crippen LogP contribution in [0.1, 0.15) is 11.1 Å². The van der Waals surface area contributed by atoms with E-state index in [0.717, 1.165) is 29.9 Å². The van der Waals surface area contributed by atoms with Crippen molar-refractivity contribution in [1.82, 2.24) is 9.80 Å². The van der Waals surface area contributed by atoms with Gasteiger partial charge in [-0.25, -0.2) is 4.79 Å². The highest BCUT2D eigenvalue weighted by Crippen LogP contribution is 2.34. The van der Waals surface area contributed by atoms with Crippen LogP contribution in [0.15, 0.2) is 54.6 Å². The third-order valence-corrected chi connectivity index (χ3v) is 5.32. The summed E-state index contributed by atoms with van der Waals surface area (Å²) in [4.78, 5) is 16.5. The molecular weight excluding hydrogens is 355 g/mol. The summed E-state index contributed by atoms with van der Waals surface area (Å²) in [7, 11) is 0. The minimum Gasteiger partial charge on any atom is -0.323 e. The second kappa shape index (κ2) is 6.88. The standard InChI is InChI=1S/C20H20F3N3O/c21-20(22,23)16-8-6-14(7-9-16)10-25-11-15-12-26(13-18(15)25)19(27)24-17-4-2-1-3-5-17/h1-9,15,18H,10-13H2,(H,24,27)/t15-,18+/m1/s1. The zero-order valence-corrected chi connectivity index (χ0v) is 14.6. The number of carbonyl (C=O) groups excluding carboxylic acids is 1. The molecule has 4 rings (SSSR count). The van der Waals surface area contributed by atoms with E-state index in [1.54, 1.807) is 0 Å². The molecule has 2 aliphatic rings. The van der Waals surface area contributed by atoms with Crippen LogP contribution in [0.2, 0.25) is 0 Å². The summed E-state index contributed by atoms with van der Waals surface area (Å²) in [6.45, 7) is 2.82. The number of urea groups is 1. The molecule has 0 bridgehead atoms. The van der Waals surface area contributed by atoms with Crippen molar-refractivity contribution < 1.29 is 18.0 Å². The van der Waals surface area contributed by atoms with Gasteiger partial charge in [0.2, 0.25) is 0 Å². The van der Waals surface area contributed by atoms with E-state index in [1.807, 2.05) is 35.2 Å². The first-order valence-corrected chi connectivity index (χ1v) is 8.91. The molecule has 2 amide bonds. The number of anilines is 1. The van der Waals surface area contributed by atoms with E-state index in [9.17, 15) is 18.0 Å². The molecule has 27 heavy (non-hydrogen) atoms. The predicted molar refractivity (Wildman–Crippen MR) is 96.2 cm³/mol. The van der Waals surface area contributed by atoms with Crippen LogP contribution in [0.5, 0.6) is 0 Å². The molecule has 0 aliphatic carbocycles. The summed E-state index contributed by atoms with van der Waals surface area (Å²) >= 11 is 0. The third-order valence-electron chi connectivity index (χ3n) is 5.32. The van der Waals surface area contributed by atoms with Gasteiger partial charge in [-0.05, 0) is 29.8 Å². The summed E-state index contributed by atoms with van der Waals surface area (Å²) in [5.41, 5.74) is 0.995. The lowest BCUT2D eigenvalue weighted by atomic mass is 9.91. The van der Waals surface area contributed by atoms with Crippen LogP contribution in [-0.2, 0) is 12.7 Å². The van der Waals surface area contributed by atoms with Crippen LogP contribution in [0.25, 0.3) is 0 Å². The number of nitrogens with one attached hydrogen (secondary N) is 1. The van der Waals surface area contributed by atoms with E-state index in [1.165, 1.54) is 12.1 Å². The van der Waals surface area contributed by atoms with Crippen molar-refractivity contribution in [3.8, 4) is 0 Å². The molecule has 142 valence electrons. The number of amides is 2. The Bertz CT molecular complexity index is 807. The maximum absolute atomic E-state index is 12.7. The first kappa shape index (κ1) is 17.9. The molecule has 7 heteroatoms. The first-order chi connectivity index (χ1) is 12.9. The van der Waals surface area contributed by atoms with Gasteiger partial charge in [0, 0.05) is 43.8 Å². The first-order valence-electron chi connectivity index (χ1n) is 8.91. The van der Waals surface area contributed by atoms with Gasteiger partial charge in [0.1, 0.15) is 0 Å². The predicted octanol–water partition coefficient (Wildman–Crippen LogP) is 4.05. The van der Waals surface area contributed by atoms with E-state index in [0.29, 0.717) is 25.6 Å². The Morgan fingerprint density at radius 3 is 2.37 bits per heavy atom. The molecule has 0 aromatic heterocycles. The van der Waals surface area contributed by atoms with Gasteiger partial charge in [-0.3, -0.25) is 4.90 Å². The van der Waals surface area contributed by atoms with Crippen molar-refractivity contribution in [2.24, 2.45) is 5.92 Å². The minimum atomic E-state index is -4.31. The molecular formula is C20H20F3N3O. The van der Waals surface area contributed by atoms with Crippen LogP contribution in [0.3, 0.4) is 0 Å². The van der Waals surface area contributed by atoms with Crippen molar-refractivity contribution >= 4 is 11.7 Å². The molecule has 2 aromatic rings. The lowest BCUT2D eigenvalue weighted by Gasteiger charge is -2.43. The third kappa shape index (κ3) is 3.78. The highest BCUT2D eigenvalue weighted by molar-refractivity contribution is 5.89. The highest BCUT2D eigenvalue weighted by Gasteiger charge is 2.46. The summed E-state index contributed by atoms with van der Waals surface area (Å²) in [5, 5.41) is 2.90. The van der Waals surface area contributed by atoms with Gasteiger partial charge >= 0.3 is 12.2 Å². The molecule has 2 saturated heterocycles. The molecule has 2 fully saturated rings. The minimum absolute atomic E-state index is 0.106. The average Bonchev–Trinajstić information content (AvgIpc) is 2.97. The fraction of sp³-hybridized carbons (Fsp3) is 0.350. The van der Waals surface area contributed by atoms with Crippen LogP contribution in [0, 0.1) is 5.92 Å². The molecule has 2 aromatic carbocycles. The lowest BCUT2D eigenvalue weighted by molar-refractivity contribution is -0.137. The molecule has 0 unspecified atom stereocenters. The molecule has 1 N–H and O–H groups in total. The number of benzene rings is 2. The maximum Gasteiger partial charge on any atom is 0.416 e. The van der Waals surface area contributed by atoms with E-state index in [-0.39, 0.29) is 12.1 Å². The number of alkyl halides is 3. The van der Waals surface area contributed by atoms with Gasteiger partial charge in [0.15, 0.2) is 0 Å². The number of rotatable bonds is 3. The van der Waals surface area contributed by atoms with Gasteiger partial charge in [0.05, 0.1) is 5.56 Å². The molecule has 0 spiro atoms. The van der Waals surface area contributed by atoms with Crippen LogP contribution >= 0.6 is 0 Å². The number of nitrogens with zero attached hydrogens (tertiary/aromatic N) is 2. The smallest absolute Gasteiger partial charge is 0.323 e. The van der Waals surface area contributed by atoms with Crippen LogP contribution in [-0.4, -0.2) is 41.5 Å². The van der Waals surface area contributed by atoms with Crippen LogP contribution < -0.4 is 5.32 Å². The van der Waals surface area contributed by atoms with Crippen molar-refractivity contribution in [2.45, 2.75) is 18.8 Å². The number of hydrogen-bond donors (Lipinski definition) is 1. The number of para-hydroxylation sites is 1. The Morgan fingerprint density at radius 2 is 1.70 bits per heavy atom. The van der Waals surface area contributed by atoms with Gasteiger partial charge in [-0.15, -0.1) is 0 Å². The summed E-state index contributed by atoms with van der Waals surface area (Å²) < 4.78 is 38.0. The number of hydrogen-bond acceptors (Lipinski definition) is 2. The normalized spacial score (nSPS) is 22.3. The summed E-state index contributed by atoms with van der Waals surface area (Å²) in [6.07, 6.45) is -4.31. The van der Waals surface area contributed by atoms with Gasteiger partial charge < -0.3 is 10.2 Å². The lowest BCUT2D eigenvalue weighted by Crippen LogP contribution is -2.54. The molecule has 0 radical (unpaired) electrons. The Labute approximate surface area is 155 Å². The topological polar surface area (TPSA) is 35.6 Å². The monoisotopic (exact) mass is 375 g/mol. The number of carbonyl (C=O) groups is 1. The average molecular weight is 375 g/mol. The second-order valence-corrected chi connectivity index (χ2v) is 7.15. The Kier molecular flexibility index (Phi) is 4.55. The van der Waals surface area contributed by atoms with E-state index < -0.39 is 11.7 Å². The van der Waals surface area contributed by atoms with Crippen molar-refractivity contribution in [1.29, 1.82) is 0 Å².